The molecule has 3 heteroatoms. The summed E-state index contributed by atoms with van der Waals surface area (Å²) in [4.78, 5) is 2.83. The predicted octanol–water partition coefficient (Wildman–Crippen LogP) is 3.91. The molecule has 0 aromatic carbocycles. The Hall–Kier alpha value is 0.140. The molecular weight excluding hydrogens is 258 g/mol. The summed E-state index contributed by atoms with van der Waals surface area (Å²) in [7, 11) is 0. The fraction of sp³-hybridized carbons (Fsp3) is 0.636. The molecule has 14 heavy (non-hydrogen) atoms. The number of nitrogens with two attached hydrogens (primary N) is 1. The molecule has 1 aromatic rings. The SMILES string of the molecule is Cc1cc(Br)c(C(CCN)C(C)C)s1. The van der Waals surface area contributed by atoms with E-state index in [9.17, 15) is 0 Å². The van der Waals surface area contributed by atoms with E-state index >= 15 is 0 Å². The van der Waals surface area contributed by atoms with Crippen LogP contribution in [0.4, 0.5) is 0 Å². The standard InChI is InChI=1S/C11H18BrNS/c1-7(2)9(4-5-13)11-10(12)6-8(3)14-11/h6-7,9H,4-5,13H2,1-3H3. The van der Waals surface area contributed by atoms with E-state index in [1.165, 1.54) is 14.2 Å². The summed E-state index contributed by atoms with van der Waals surface area (Å²) < 4.78 is 1.26. The molecule has 0 bridgehead atoms. The number of hydrogen-bond donors (Lipinski definition) is 1. The van der Waals surface area contributed by atoms with Gasteiger partial charge in [0.2, 0.25) is 0 Å². The zero-order valence-corrected chi connectivity index (χ0v) is 11.4. The summed E-state index contributed by atoms with van der Waals surface area (Å²) in [5.41, 5.74) is 5.65. The van der Waals surface area contributed by atoms with Crippen LogP contribution >= 0.6 is 27.3 Å². The van der Waals surface area contributed by atoms with Crippen LogP contribution < -0.4 is 5.73 Å². The van der Waals surface area contributed by atoms with Gasteiger partial charge in [-0.25, -0.2) is 0 Å². The van der Waals surface area contributed by atoms with Gasteiger partial charge in [-0.3, -0.25) is 0 Å². The summed E-state index contributed by atoms with van der Waals surface area (Å²) in [5, 5.41) is 0. The van der Waals surface area contributed by atoms with Gasteiger partial charge in [0.1, 0.15) is 0 Å². The Morgan fingerprint density at radius 3 is 2.50 bits per heavy atom. The molecule has 0 aliphatic heterocycles. The lowest BCUT2D eigenvalue weighted by molar-refractivity contribution is 0.478. The van der Waals surface area contributed by atoms with Crippen LogP contribution in [0.1, 0.15) is 35.9 Å². The molecule has 1 atom stereocenters. The summed E-state index contributed by atoms with van der Waals surface area (Å²) in [6.45, 7) is 7.45. The molecule has 0 saturated heterocycles. The van der Waals surface area contributed by atoms with Crippen molar-refractivity contribution in [3.63, 3.8) is 0 Å². The van der Waals surface area contributed by atoms with Crippen LogP contribution in [-0.4, -0.2) is 6.54 Å². The number of halogens is 1. The third-order valence-corrected chi connectivity index (χ3v) is 4.56. The van der Waals surface area contributed by atoms with E-state index in [1.807, 2.05) is 11.3 Å². The number of hydrogen-bond acceptors (Lipinski definition) is 2. The zero-order valence-electron chi connectivity index (χ0n) is 9.01. The third-order valence-electron chi connectivity index (χ3n) is 2.46. The molecule has 0 aliphatic carbocycles. The summed E-state index contributed by atoms with van der Waals surface area (Å²) in [5.74, 6) is 1.26. The fourth-order valence-corrected chi connectivity index (χ4v) is 3.95. The molecule has 80 valence electrons. The lowest BCUT2D eigenvalue weighted by Gasteiger charge is -2.19. The Labute approximate surface area is 98.8 Å². The van der Waals surface area contributed by atoms with Crippen LogP contribution in [0.25, 0.3) is 0 Å². The van der Waals surface area contributed by atoms with Gasteiger partial charge in [-0.05, 0) is 53.7 Å². The van der Waals surface area contributed by atoms with Gasteiger partial charge in [0.25, 0.3) is 0 Å². The van der Waals surface area contributed by atoms with Gasteiger partial charge in [0.05, 0.1) is 0 Å². The second-order valence-corrected chi connectivity index (χ2v) is 6.14. The minimum atomic E-state index is 0.605. The van der Waals surface area contributed by atoms with Crippen LogP contribution in [0.3, 0.4) is 0 Å². The van der Waals surface area contributed by atoms with Crippen LogP contribution in [0.2, 0.25) is 0 Å². The highest BCUT2D eigenvalue weighted by molar-refractivity contribution is 9.10. The van der Waals surface area contributed by atoms with Crippen molar-refractivity contribution in [1.82, 2.24) is 0 Å². The van der Waals surface area contributed by atoms with E-state index in [2.05, 4.69) is 42.8 Å². The van der Waals surface area contributed by atoms with Crippen LogP contribution in [-0.2, 0) is 0 Å². The normalized spacial score (nSPS) is 13.6. The van der Waals surface area contributed by atoms with E-state index < -0.39 is 0 Å². The highest BCUT2D eigenvalue weighted by atomic mass is 79.9. The van der Waals surface area contributed by atoms with Gasteiger partial charge in [0.15, 0.2) is 0 Å². The van der Waals surface area contributed by atoms with E-state index in [1.54, 1.807) is 0 Å². The molecule has 1 unspecified atom stereocenters. The molecule has 1 aromatic heterocycles. The molecule has 0 amide bonds. The van der Waals surface area contributed by atoms with Gasteiger partial charge in [-0.2, -0.15) is 0 Å². The quantitative estimate of drug-likeness (QED) is 0.886. The Balaban J connectivity index is 2.92. The van der Waals surface area contributed by atoms with Crippen LogP contribution in [0.5, 0.6) is 0 Å². The Morgan fingerprint density at radius 2 is 2.14 bits per heavy atom. The van der Waals surface area contributed by atoms with Crippen molar-refractivity contribution in [2.75, 3.05) is 6.54 Å². The highest BCUT2D eigenvalue weighted by Crippen LogP contribution is 2.38. The topological polar surface area (TPSA) is 26.0 Å². The lowest BCUT2D eigenvalue weighted by atomic mass is 9.91. The van der Waals surface area contributed by atoms with Crippen molar-refractivity contribution in [2.45, 2.75) is 33.1 Å². The monoisotopic (exact) mass is 275 g/mol. The van der Waals surface area contributed by atoms with Gasteiger partial charge < -0.3 is 5.73 Å². The van der Waals surface area contributed by atoms with E-state index in [0.29, 0.717) is 11.8 Å². The van der Waals surface area contributed by atoms with Gasteiger partial charge >= 0.3 is 0 Å². The largest absolute Gasteiger partial charge is 0.330 e. The molecule has 0 saturated carbocycles. The zero-order chi connectivity index (χ0) is 10.7. The van der Waals surface area contributed by atoms with Crippen molar-refractivity contribution in [3.05, 3.63) is 20.3 Å². The molecule has 2 N–H and O–H groups in total. The van der Waals surface area contributed by atoms with Crippen LogP contribution in [0, 0.1) is 12.8 Å². The highest BCUT2D eigenvalue weighted by Gasteiger charge is 2.19. The first kappa shape index (κ1) is 12.2. The first-order valence-corrected chi connectivity index (χ1v) is 6.63. The van der Waals surface area contributed by atoms with Gasteiger partial charge in [0, 0.05) is 14.2 Å². The van der Waals surface area contributed by atoms with Gasteiger partial charge in [-0.15, -0.1) is 11.3 Å². The minimum absolute atomic E-state index is 0.605. The molecular formula is C11H18BrNS. The Morgan fingerprint density at radius 1 is 1.50 bits per heavy atom. The molecule has 0 fully saturated rings. The minimum Gasteiger partial charge on any atom is -0.330 e. The fourth-order valence-electron chi connectivity index (χ4n) is 1.70. The number of rotatable bonds is 4. The summed E-state index contributed by atoms with van der Waals surface area (Å²) in [6.07, 6.45) is 1.08. The van der Waals surface area contributed by atoms with Crippen LogP contribution in [0.15, 0.2) is 10.5 Å². The Bertz CT molecular complexity index is 293. The Kier molecular flexibility index (Phi) is 4.61. The predicted molar refractivity (Wildman–Crippen MR) is 68.0 cm³/mol. The summed E-state index contributed by atoms with van der Waals surface area (Å²) >= 11 is 5.51. The van der Waals surface area contributed by atoms with Crippen molar-refractivity contribution in [3.8, 4) is 0 Å². The smallest absolute Gasteiger partial charge is 0.0320 e. The van der Waals surface area contributed by atoms with Crippen molar-refractivity contribution < 1.29 is 0 Å². The molecule has 1 nitrogen and oxygen atoms in total. The number of aryl methyl sites for hydroxylation is 1. The molecule has 0 aliphatic rings. The molecule has 1 heterocycles. The van der Waals surface area contributed by atoms with Crippen molar-refractivity contribution in [2.24, 2.45) is 11.7 Å². The third kappa shape index (κ3) is 2.81. The maximum absolute atomic E-state index is 5.65. The average molecular weight is 276 g/mol. The maximum atomic E-state index is 5.65. The second kappa shape index (κ2) is 5.29. The first-order valence-electron chi connectivity index (χ1n) is 5.02. The summed E-state index contributed by atoms with van der Waals surface area (Å²) in [6, 6.07) is 2.20. The maximum Gasteiger partial charge on any atom is 0.0320 e. The van der Waals surface area contributed by atoms with Crippen molar-refractivity contribution in [1.29, 1.82) is 0 Å². The van der Waals surface area contributed by atoms with E-state index in [0.717, 1.165) is 13.0 Å². The lowest BCUT2D eigenvalue weighted by Crippen LogP contribution is -2.11. The molecule has 0 radical (unpaired) electrons. The number of thiophene rings is 1. The van der Waals surface area contributed by atoms with Crippen molar-refractivity contribution >= 4 is 27.3 Å². The average Bonchev–Trinajstić information content (AvgIpc) is 2.40. The van der Waals surface area contributed by atoms with E-state index in [-0.39, 0.29) is 0 Å². The second-order valence-electron chi connectivity index (χ2n) is 4.00. The first-order chi connectivity index (χ1) is 6.56. The molecule has 1 rings (SSSR count). The van der Waals surface area contributed by atoms with Gasteiger partial charge in [-0.1, -0.05) is 13.8 Å². The van der Waals surface area contributed by atoms with E-state index in [4.69, 9.17) is 5.73 Å². The molecule has 0 spiro atoms.